The van der Waals surface area contributed by atoms with Gasteiger partial charge in [-0.05, 0) is 50.0 Å². The fraction of sp³-hybridized carbons (Fsp3) is 0.240. The van der Waals surface area contributed by atoms with Gasteiger partial charge in [-0.1, -0.05) is 58.0 Å². The Labute approximate surface area is 210 Å². The van der Waals surface area contributed by atoms with E-state index in [0.29, 0.717) is 28.4 Å². The van der Waals surface area contributed by atoms with Crippen LogP contribution in [-0.4, -0.2) is 46.8 Å². The van der Waals surface area contributed by atoms with E-state index >= 15 is 0 Å². The molecule has 0 spiro atoms. The van der Waals surface area contributed by atoms with E-state index < -0.39 is 0 Å². The van der Waals surface area contributed by atoms with Crippen molar-refractivity contribution >= 4 is 44.5 Å². The predicted octanol–water partition coefficient (Wildman–Crippen LogP) is 4.31. The van der Waals surface area contributed by atoms with E-state index in [2.05, 4.69) is 43.3 Å². The van der Waals surface area contributed by atoms with E-state index in [1.54, 1.807) is 29.0 Å². The Morgan fingerprint density at radius 3 is 2.68 bits per heavy atom. The number of furan rings is 1. The Kier molecular flexibility index (Phi) is 7.87. The molecule has 0 aliphatic carbocycles. The van der Waals surface area contributed by atoms with Crippen LogP contribution in [0.4, 0.5) is 0 Å². The second-order valence-electron chi connectivity index (χ2n) is 8.01. The zero-order valence-electron chi connectivity index (χ0n) is 18.9. The maximum atomic E-state index is 13.3. The van der Waals surface area contributed by atoms with Crippen LogP contribution in [0.25, 0.3) is 10.9 Å². The SMILES string of the molecule is CN(C)C(CNC(=O)CSc1nc2ccc(Br)cc2c(=O)n1Cc1ccco1)c1ccccc1. The summed E-state index contributed by atoms with van der Waals surface area (Å²) in [5.74, 6) is 0.658. The van der Waals surface area contributed by atoms with Gasteiger partial charge in [-0.25, -0.2) is 4.98 Å². The third-order valence-electron chi connectivity index (χ3n) is 5.41. The summed E-state index contributed by atoms with van der Waals surface area (Å²) in [5, 5.41) is 3.99. The van der Waals surface area contributed by atoms with Gasteiger partial charge in [0.15, 0.2) is 5.16 Å². The van der Waals surface area contributed by atoms with Crippen molar-refractivity contribution in [3.8, 4) is 0 Å². The Bertz CT molecular complexity index is 1320. The Balaban J connectivity index is 1.51. The predicted molar refractivity (Wildman–Crippen MR) is 138 cm³/mol. The number of halogens is 1. The monoisotopic (exact) mass is 540 g/mol. The van der Waals surface area contributed by atoms with E-state index in [1.165, 1.54) is 11.8 Å². The smallest absolute Gasteiger partial charge is 0.262 e. The number of carbonyl (C=O) groups is 1. The molecule has 176 valence electrons. The van der Waals surface area contributed by atoms with Crippen molar-refractivity contribution in [2.24, 2.45) is 0 Å². The molecule has 0 fully saturated rings. The summed E-state index contributed by atoms with van der Waals surface area (Å²) in [6.45, 7) is 0.719. The first kappa shape index (κ1) is 24.3. The summed E-state index contributed by atoms with van der Waals surface area (Å²) in [6, 6.07) is 19.1. The molecule has 0 saturated heterocycles. The van der Waals surface area contributed by atoms with Gasteiger partial charge in [0.25, 0.3) is 5.56 Å². The molecular weight excluding hydrogens is 516 g/mol. The highest BCUT2D eigenvalue weighted by Crippen LogP contribution is 2.22. The lowest BCUT2D eigenvalue weighted by atomic mass is 10.1. The summed E-state index contributed by atoms with van der Waals surface area (Å²) in [7, 11) is 3.98. The first-order chi connectivity index (χ1) is 16.4. The maximum absolute atomic E-state index is 13.3. The lowest BCUT2D eigenvalue weighted by molar-refractivity contribution is -0.118. The molecule has 2 aromatic carbocycles. The largest absolute Gasteiger partial charge is 0.467 e. The summed E-state index contributed by atoms with van der Waals surface area (Å²) in [6.07, 6.45) is 1.57. The molecule has 2 aromatic heterocycles. The number of carbonyl (C=O) groups excluding carboxylic acids is 1. The van der Waals surface area contributed by atoms with Crippen LogP contribution in [0.3, 0.4) is 0 Å². The number of likely N-dealkylation sites (N-methyl/N-ethyl adjacent to an activating group) is 1. The van der Waals surface area contributed by atoms with Crippen LogP contribution < -0.4 is 10.9 Å². The maximum Gasteiger partial charge on any atom is 0.262 e. The second kappa shape index (κ2) is 11.0. The molecule has 0 aliphatic rings. The van der Waals surface area contributed by atoms with Crippen LogP contribution in [0.2, 0.25) is 0 Å². The summed E-state index contributed by atoms with van der Waals surface area (Å²) in [4.78, 5) is 32.7. The number of aromatic nitrogens is 2. The number of rotatable bonds is 9. The van der Waals surface area contributed by atoms with Gasteiger partial charge in [0, 0.05) is 11.0 Å². The van der Waals surface area contributed by atoms with Crippen molar-refractivity contribution in [3.05, 3.63) is 93.1 Å². The van der Waals surface area contributed by atoms with E-state index in [1.807, 2.05) is 44.4 Å². The zero-order valence-corrected chi connectivity index (χ0v) is 21.3. The number of amides is 1. The number of nitrogens with one attached hydrogen (secondary N) is 1. The minimum absolute atomic E-state index is 0.0597. The van der Waals surface area contributed by atoms with Crippen molar-refractivity contribution in [1.29, 1.82) is 0 Å². The molecule has 0 aliphatic heterocycles. The normalized spacial score (nSPS) is 12.2. The van der Waals surface area contributed by atoms with Gasteiger partial charge in [0.05, 0.1) is 35.5 Å². The van der Waals surface area contributed by atoms with Crippen LogP contribution in [0, 0.1) is 0 Å². The standard InChI is InChI=1S/C25H25BrN4O3S/c1-29(2)22(17-7-4-3-5-8-17)14-27-23(31)16-34-25-28-21-11-10-18(26)13-20(21)24(32)30(25)15-19-9-6-12-33-19/h3-13,22H,14-16H2,1-2H3,(H,27,31). The van der Waals surface area contributed by atoms with Crippen molar-refractivity contribution in [2.45, 2.75) is 17.7 Å². The fourth-order valence-corrected chi connectivity index (χ4v) is 4.84. The Morgan fingerprint density at radius 2 is 1.97 bits per heavy atom. The molecule has 0 saturated carbocycles. The third kappa shape index (κ3) is 5.78. The van der Waals surface area contributed by atoms with Crippen molar-refractivity contribution in [3.63, 3.8) is 0 Å². The molecule has 1 unspecified atom stereocenters. The highest BCUT2D eigenvalue weighted by Gasteiger charge is 2.17. The molecule has 1 atom stereocenters. The summed E-state index contributed by atoms with van der Waals surface area (Å²) < 4.78 is 7.80. The van der Waals surface area contributed by atoms with Gasteiger partial charge in [0.2, 0.25) is 5.91 Å². The number of hydrogen-bond acceptors (Lipinski definition) is 6. The van der Waals surface area contributed by atoms with Crippen molar-refractivity contribution in [2.75, 3.05) is 26.4 Å². The highest BCUT2D eigenvalue weighted by molar-refractivity contribution is 9.10. The molecule has 0 bridgehead atoms. The molecule has 7 nitrogen and oxygen atoms in total. The first-order valence-electron chi connectivity index (χ1n) is 10.8. The van der Waals surface area contributed by atoms with Crippen LogP contribution in [0.15, 0.2) is 85.8 Å². The van der Waals surface area contributed by atoms with Crippen LogP contribution in [0.5, 0.6) is 0 Å². The molecule has 9 heteroatoms. The fourth-order valence-electron chi connectivity index (χ4n) is 3.65. The minimum Gasteiger partial charge on any atom is -0.467 e. The number of fused-ring (bicyclic) bond motifs is 1. The van der Waals surface area contributed by atoms with Crippen LogP contribution in [0.1, 0.15) is 17.4 Å². The molecule has 4 rings (SSSR count). The molecule has 2 heterocycles. The van der Waals surface area contributed by atoms with Crippen LogP contribution in [-0.2, 0) is 11.3 Å². The summed E-state index contributed by atoms with van der Waals surface area (Å²) in [5.41, 5.74) is 1.54. The Hall–Kier alpha value is -2.88. The zero-order chi connectivity index (χ0) is 24.1. The third-order valence-corrected chi connectivity index (χ3v) is 6.88. The number of nitrogens with zero attached hydrogens (tertiary/aromatic N) is 3. The van der Waals surface area contributed by atoms with Gasteiger partial charge in [-0.15, -0.1) is 0 Å². The topological polar surface area (TPSA) is 80.4 Å². The second-order valence-corrected chi connectivity index (χ2v) is 9.87. The molecule has 0 radical (unpaired) electrons. The van der Waals surface area contributed by atoms with E-state index in [9.17, 15) is 9.59 Å². The quantitative estimate of drug-likeness (QED) is 0.251. The minimum atomic E-state index is -0.178. The highest BCUT2D eigenvalue weighted by atomic mass is 79.9. The van der Waals surface area contributed by atoms with Gasteiger partial charge in [-0.3, -0.25) is 14.2 Å². The molecular formula is C25H25BrN4O3S. The Morgan fingerprint density at radius 1 is 1.18 bits per heavy atom. The van der Waals surface area contributed by atoms with Gasteiger partial charge in [0.1, 0.15) is 5.76 Å². The molecule has 4 aromatic rings. The van der Waals surface area contributed by atoms with Crippen molar-refractivity contribution in [1.82, 2.24) is 19.8 Å². The van der Waals surface area contributed by atoms with Crippen molar-refractivity contribution < 1.29 is 9.21 Å². The molecule has 1 amide bonds. The lowest BCUT2D eigenvalue weighted by Crippen LogP contribution is -2.35. The summed E-state index contributed by atoms with van der Waals surface area (Å²) >= 11 is 4.66. The number of benzene rings is 2. The van der Waals surface area contributed by atoms with Gasteiger partial charge >= 0.3 is 0 Å². The van der Waals surface area contributed by atoms with Crippen LogP contribution >= 0.6 is 27.7 Å². The first-order valence-corrected chi connectivity index (χ1v) is 12.5. The van der Waals surface area contributed by atoms with E-state index in [4.69, 9.17) is 4.42 Å². The van der Waals surface area contributed by atoms with E-state index in [-0.39, 0.29) is 29.8 Å². The lowest BCUT2D eigenvalue weighted by Gasteiger charge is -2.25. The average Bonchev–Trinajstić information content (AvgIpc) is 3.34. The number of thioether (sulfide) groups is 1. The van der Waals surface area contributed by atoms with Gasteiger partial charge in [-0.2, -0.15) is 0 Å². The van der Waals surface area contributed by atoms with Gasteiger partial charge < -0.3 is 14.6 Å². The number of hydrogen-bond donors (Lipinski definition) is 1. The average molecular weight is 541 g/mol. The molecule has 1 N–H and O–H groups in total. The molecule has 34 heavy (non-hydrogen) atoms. The van der Waals surface area contributed by atoms with E-state index in [0.717, 1.165) is 10.0 Å².